The summed E-state index contributed by atoms with van der Waals surface area (Å²) in [4.78, 5) is 24.1. The summed E-state index contributed by atoms with van der Waals surface area (Å²) in [5.74, 6) is -0.815. The van der Waals surface area contributed by atoms with E-state index in [0.29, 0.717) is 17.1 Å². The molecule has 0 aliphatic rings. The summed E-state index contributed by atoms with van der Waals surface area (Å²) in [6.07, 6.45) is 0. The maximum absolute atomic E-state index is 13.0. The van der Waals surface area contributed by atoms with Crippen molar-refractivity contribution in [1.29, 1.82) is 0 Å². The van der Waals surface area contributed by atoms with Crippen LogP contribution in [-0.2, 0) is 19.6 Å². The van der Waals surface area contributed by atoms with Gasteiger partial charge in [-0.25, -0.2) is 13.2 Å². The van der Waals surface area contributed by atoms with Crippen molar-refractivity contribution in [1.82, 2.24) is 0 Å². The van der Waals surface area contributed by atoms with Crippen molar-refractivity contribution in [3.8, 4) is 5.75 Å². The molecule has 0 radical (unpaired) electrons. The van der Waals surface area contributed by atoms with Gasteiger partial charge in [0.25, 0.3) is 15.9 Å². The summed E-state index contributed by atoms with van der Waals surface area (Å²) in [5.41, 5.74) is 1.08. The number of hydrogen-bond acceptors (Lipinski definition) is 6. The van der Waals surface area contributed by atoms with Gasteiger partial charge in [0.15, 0.2) is 6.61 Å². The molecule has 1 N–H and O–H groups in total. The number of hydrogen-bond donors (Lipinski definition) is 1. The zero-order chi connectivity index (χ0) is 23.1. The summed E-state index contributed by atoms with van der Waals surface area (Å²) in [5, 5.41) is 2.60. The molecule has 0 unspecified atom stereocenters. The molecule has 0 bridgehead atoms. The van der Waals surface area contributed by atoms with Crippen molar-refractivity contribution < 1.29 is 27.5 Å². The van der Waals surface area contributed by atoms with E-state index in [1.807, 2.05) is 6.07 Å². The van der Waals surface area contributed by atoms with Crippen molar-refractivity contribution >= 4 is 33.3 Å². The number of anilines is 2. The minimum atomic E-state index is -3.89. The average molecular weight is 455 g/mol. The molecule has 0 aromatic heterocycles. The molecule has 0 aliphatic heterocycles. The highest BCUT2D eigenvalue weighted by molar-refractivity contribution is 7.92. The van der Waals surface area contributed by atoms with E-state index in [4.69, 9.17) is 9.47 Å². The molecule has 32 heavy (non-hydrogen) atoms. The Balaban J connectivity index is 1.65. The maximum Gasteiger partial charge on any atom is 0.338 e. The normalized spacial score (nSPS) is 10.8. The van der Waals surface area contributed by atoms with Gasteiger partial charge >= 0.3 is 5.97 Å². The maximum atomic E-state index is 13.0. The zero-order valence-corrected chi connectivity index (χ0v) is 18.3. The Morgan fingerprint density at radius 2 is 1.53 bits per heavy atom. The SMILES string of the molecule is COc1ccccc1N(C)S(=O)(=O)c1ccc(C(=O)OCC(=O)Nc2ccccc2)cc1. The number of esters is 1. The predicted molar refractivity (Wildman–Crippen MR) is 120 cm³/mol. The van der Waals surface area contributed by atoms with Crippen molar-refractivity contribution in [2.24, 2.45) is 0 Å². The summed E-state index contributed by atoms with van der Waals surface area (Å²) < 4.78 is 37.3. The van der Waals surface area contributed by atoms with Crippen LogP contribution >= 0.6 is 0 Å². The van der Waals surface area contributed by atoms with Crippen LogP contribution in [0.5, 0.6) is 5.75 Å². The monoisotopic (exact) mass is 454 g/mol. The van der Waals surface area contributed by atoms with E-state index in [9.17, 15) is 18.0 Å². The number of nitrogens with one attached hydrogen (secondary N) is 1. The molecular formula is C23H22N2O6S. The molecule has 3 rings (SSSR count). The number of methoxy groups -OCH3 is 1. The van der Waals surface area contributed by atoms with E-state index < -0.39 is 28.5 Å². The lowest BCUT2D eigenvalue weighted by atomic mass is 10.2. The number of amides is 1. The number of rotatable bonds is 8. The molecule has 9 heteroatoms. The van der Waals surface area contributed by atoms with E-state index in [-0.39, 0.29) is 10.5 Å². The Morgan fingerprint density at radius 1 is 0.906 bits per heavy atom. The third-order valence-corrected chi connectivity index (χ3v) is 6.35. The highest BCUT2D eigenvalue weighted by Crippen LogP contribution is 2.30. The topological polar surface area (TPSA) is 102 Å². The molecule has 166 valence electrons. The Labute approximate surface area is 186 Å². The number of carbonyl (C=O) groups is 2. The number of ether oxygens (including phenoxy) is 2. The molecule has 8 nitrogen and oxygen atoms in total. The number of sulfonamides is 1. The molecule has 0 spiro atoms. The van der Waals surface area contributed by atoms with Crippen LogP contribution in [0.3, 0.4) is 0 Å². The van der Waals surface area contributed by atoms with Crippen LogP contribution in [0.1, 0.15) is 10.4 Å². The second-order valence-electron chi connectivity index (χ2n) is 6.66. The second-order valence-corrected chi connectivity index (χ2v) is 8.63. The van der Waals surface area contributed by atoms with Gasteiger partial charge in [-0.15, -0.1) is 0 Å². The summed E-state index contributed by atoms with van der Waals surface area (Å²) in [6.45, 7) is -0.468. The lowest BCUT2D eigenvalue weighted by Crippen LogP contribution is -2.27. The Bertz CT molecular complexity index is 1190. The summed E-state index contributed by atoms with van der Waals surface area (Å²) in [7, 11) is -1.01. The third-order valence-electron chi connectivity index (χ3n) is 4.56. The fraction of sp³-hybridized carbons (Fsp3) is 0.130. The number of benzene rings is 3. The molecule has 3 aromatic rings. The largest absolute Gasteiger partial charge is 0.495 e. The minimum absolute atomic E-state index is 0.00993. The van der Waals surface area contributed by atoms with E-state index in [0.717, 1.165) is 4.31 Å². The zero-order valence-electron chi connectivity index (χ0n) is 17.5. The van der Waals surface area contributed by atoms with Gasteiger partial charge in [0, 0.05) is 12.7 Å². The summed E-state index contributed by atoms with van der Waals surface area (Å²) in [6, 6.07) is 20.8. The molecule has 0 saturated carbocycles. The van der Waals surface area contributed by atoms with Gasteiger partial charge in [-0.1, -0.05) is 30.3 Å². The lowest BCUT2D eigenvalue weighted by Gasteiger charge is -2.21. The van der Waals surface area contributed by atoms with Gasteiger partial charge in [-0.3, -0.25) is 9.10 Å². The van der Waals surface area contributed by atoms with Gasteiger partial charge in [-0.2, -0.15) is 0 Å². The highest BCUT2D eigenvalue weighted by atomic mass is 32.2. The Hall–Kier alpha value is -3.85. The lowest BCUT2D eigenvalue weighted by molar-refractivity contribution is -0.119. The highest BCUT2D eigenvalue weighted by Gasteiger charge is 2.24. The number of para-hydroxylation sites is 3. The molecule has 0 heterocycles. The van der Waals surface area contributed by atoms with Crippen LogP contribution in [0.4, 0.5) is 11.4 Å². The molecule has 0 saturated heterocycles. The van der Waals surface area contributed by atoms with Gasteiger partial charge in [0.05, 0.1) is 23.3 Å². The first-order valence-corrected chi connectivity index (χ1v) is 11.0. The van der Waals surface area contributed by atoms with Crippen molar-refractivity contribution in [3.63, 3.8) is 0 Å². The van der Waals surface area contributed by atoms with Crippen LogP contribution in [0.2, 0.25) is 0 Å². The Morgan fingerprint density at radius 3 is 2.19 bits per heavy atom. The Kier molecular flexibility index (Phi) is 7.11. The number of nitrogens with zero attached hydrogens (tertiary/aromatic N) is 1. The number of carbonyl (C=O) groups excluding carboxylic acids is 2. The molecule has 0 atom stereocenters. The van der Waals surface area contributed by atoms with Crippen LogP contribution in [0.15, 0.2) is 83.8 Å². The predicted octanol–water partition coefficient (Wildman–Crippen LogP) is 3.32. The van der Waals surface area contributed by atoms with Crippen LogP contribution < -0.4 is 14.4 Å². The molecular weight excluding hydrogens is 432 g/mol. The molecule has 3 aromatic carbocycles. The molecule has 0 aliphatic carbocycles. The van der Waals surface area contributed by atoms with Crippen LogP contribution in [-0.4, -0.2) is 41.1 Å². The van der Waals surface area contributed by atoms with Crippen LogP contribution in [0.25, 0.3) is 0 Å². The third kappa shape index (κ3) is 5.25. The fourth-order valence-corrected chi connectivity index (χ4v) is 4.08. The molecule has 0 fully saturated rings. The van der Waals surface area contributed by atoms with Crippen molar-refractivity contribution in [3.05, 3.63) is 84.4 Å². The van der Waals surface area contributed by atoms with Gasteiger partial charge in [0.1, 0.15) is 5.75 Å². The first-order chi connectivity index (χ1) is 15.3. The van der Waals surface area contributed by atoms with Gasteiger partial charge in [-0.05, 0) is 48.5 Å². The minimum Gasteiger partial charge on any atom is -0.495 e. The van der Waals surface area contributed by atoms with E-state index in [1.165, 1.54) is 38.4 Å². The van der Waals surface area contributed by atoms with Gasteiger partial charge in [0.2, 0.25) is 0 Å². The van der Waals surface area contributed by atoms with E-state index >= 15 is 0 Å². The molecule has 1 amide bonds. The van der Waals surface area contributed by atoms with E-state index in [1.54, 1.807) is 48.5 Å². The van der Waals surface area contributed by atoms with Crippen molar-refractivity contribution in [2.75, 3.05) is 30.4 Å². The fourth-order valence-electron chi connectivity index (χ4n) is 2.87. The van der Waals surface area contributed by atoms with Crippen molar-refractivity contribution in [2.45, 2.75) is 4.90 Å². The van der Waals surface area contributed by atoms with Crippen LogP contribution in [0, 0.1) is 0 Å². The average Bonchev–Trinajstić information content (AvgIpc) is 2.82. The first kappa shape index (κ1) is 22.8. The van der Waals surface area contributed by atoms with E-state index in [2.05, 4.69) is 5.32 Å². The quantitative estimate of drug-likeness (QED) is 0.524. The second kappa shape index (κ2) is 9.97. The first-order valence-electron chi connectivity index (χ1n) is 9.57. The van der Waals surface area contributed by atoms with Gasteiger partial charge < -0.3 is 14.8 Å². The summed E-state index contributed by atoms with van der Waals surface area (Å²) >= 11 is 0. The standard InChI is InChI=1S/C23H22N2O6S/c1-25(20-10-6-7-11-21(20)30-2)32(28,29)19-14-12-17(13-15-19)23(27)31-16-22(26)24-18-8-4-3-5-9-18/h3-15H,16H2,1-2H3,(H,24,26). The smallest absolute Gasteiger partial charge is 0.338 e.